The molecule has 0 saturated carbocycles. The summed E-state index contributed by atoms with van der Waals surface area (Å²) in [6.45, 7) is 2.28. The average Bonchev–Trinajstić information content (AvgIpc) is 2.17. The molecule has 0 aliphatic rings. The lowest BCUT2D eigenvalue weighted by molar-refractivity contribution is 0.968. The van der Waals surface area contributed by atoms with Crippen LogP contribution in [-0.2, 0) is 0 Å². The number of nitrogens with zero attached hydrogens (tertiary/aromatic N) is 3. The Labute approximate surface area is 89.1 Å². The molecule has 0 aliphatic heterocycles. The van der Waals surface area contributed by atoms with Gasteiger partial charge >= 0.3 is 0 Å². The lowest BCUT2D eigenvalue weighted by atomic mass is 10.2. The van der Waals surface area contributed by atoms with E-state index in [9.17, 15) is 0 Å². The molecule has 0 aliphatic carbocycles. The first-order valence-corrected chi connectivity index (χ1v) is 4.54. The van der Waals surface area contributed by atoms with Crippen molar-refractivity contribution in [1.82, 2.24) is 0 Å². The maximum Gasteiger partial charge on any atom is 0.107 e. The second-order valence-electron chi connectivity index (χ2n) is 3.23. The van der Waals surface area contributed by atoms with Crippen molar-refractivity contribution >= 4 is 11.4 Å². The molecule has 0 atom stereocenters. The van der Waals surface area contributed by atoms with Gasteiger partial charge in [0.1, 0.15) is 13.1 Å². The molecule has 1 aromatic rings. The van der Waals surface area contributed by atoms with Crippen LogP contribution in [0.3, 0.4) is 0 Å². The van der Waals surface area contributed by atoms with Crippen molar-refractivity contribution < 1.29 is 0 Å². The van der Waals surface area contributed by atoms with Crippen molar-refractivity contribution in [3.63, 3.8) is 0 Å². The summed E-state index contributed by atoms with van der Waals surface area (Å²) in [6, 6.07) is 9.60. The molecule has 0 saturated heterocycles. The summed E-state index contributed by atoms with van der Waals surface area (Å²) in [4.78, 5) is 1.65. The van der Waals surface area contributed by atoms with Crippen LogP contribution in [0.25, 0.3) is 0 Å². The molecule has 2 N–H and O–H groups in total. The molecule has 0 radical (unpaired) electrons. The van der Waals surface area contributed by atoms with E-state index in [4.69, 9.17) is 16.3 Å². The monoisotopic (exact) mass is 200 g/mol. The van der Waals surface area contributed by atoms with Crippen LogP contribution in [0.5, 0.6) is 0 Å². The fourth-order valence-electron chi connectivity index (χ4n) is 1.36. The number of aryl methyl sites for hydroxylation is 1. The molecular weight excluding hydrogens is 188 g/mol. The van der Waals surface area contributed by atoms with E-state index >= 15 is 0 Å². The first-order valence-electron chi connectivity index (χ1n) is 4.54. The van der Waals surface area contributed by atoms with E-state index in [1.165, 1.54) is 0 Å². The number of anilines is 2. The van der Waals surface area contributed by atoms with Gasteiger partial charge in [-0.3, -0.25) is 0 Å². The van der Waals surface area contributed by atoms with E-state index in [0.717, 1.165) is 11.3 Å². The van der Waals surface area contributed by atoms with E-state index in [1.807, 2.05) is 37.3 Å². The number of hydrogen-bond acceptors (Lipinski definition) is 4. The number of benzene rings is 1. The largest absolute Gasteiger partial charge is 0.397 e. The number of rotatable bonds is 3. The zero-order valence-corrected chi connectivity index (χ0v) is 8.57. The standard InChI is InChI=1S/C11H12N4/c1-9-2-3-11(10(14)8-9)15(6-4-12)7-5-13/h2-3,8H,6-7,14H2,1H3. The Kier molecular flexibility index (Phi) is 3.54. The zero-order valence-electron chi connectivity index (χ0n) is 8.57. The van der Waals surface area contributed by atoms with Crippen molar-refractivity contribution in [3.05, 3.63) is 23.8 Å². The van der Waals surface area contributed by atoms with Gasteiger partial charge in [-0.25, -0.2) is 0 Å². The molecule has 76 valence electrons. The molecule has 15 heavy (non-hydrogen) atoms. The van der Waals surface area contributed by atoms with Crippen molar-refractivity contribution in [2.24, 2.45) is 0 Å². The number of nitrogen functional groups attached to an aromatic ring is 1. The van der Waals surface area contributed by atoms with E-state index in [-0.39, 0.29) is 13.1 Å². The molecule has 0 unspecified atom stereocenters. The summed E-state index contributed by atoms with van der Waals surface area (Å²) < 4.78 is 0. The Morgan fingerprint density at radius 3 is 2.33 bits per heavy atom. The maximum atomic E-state index is 8.63. The SMILES string of the molecule is Cc1ccc(N(CC#N)CC#N)c(N)c1. The average molecular weight is 200 g/mol. The van der Waals surface area contributed by atoms with Crippen molar-refractivity contribution in [3.8, 4) is 12.1 Å². The van der Waals surface area contributed by atoms with Gasteiger partial charge in [0.25, 0.3) is 0 Å². The lowest BCUT2D eigenvalue weighted by Gasteiger charge is -2.20. The van der Waals surface area contributed by atoms with Crippen LogP contribution in [0.4, 0.5) is 11.4 Å². The quantitative estimate of drug-likeness (QED) is 0.591. The normalized spacial score (nSPS) is 9.00. The van der Waals surface area contributed by atoms with Gasteiger partial charge in [-0.15, -0.1) is 0 Å². The van der Waals surface area contributed by atoms with Crippen LogP contribution in [-0.4, -0.2) is 13.1 Å². The summed E-state index contributed by atoms with van der Waals surface area (Å²) in [7, 11) is 0. The smallest absolute Gasteiger partial charge is 0.107 e. The summed E-state index contributed by atoms with van der Waals surface area (Å²) in [6.07, 6.45) is 0. The summed E-state index contributed by atoms with van der Waals surface area (Å²) in [5.41, 5.74) is 8.22. The highest BCUT2D eigenvalue weighted by molar-refractivity contribution is 5.69. The Hall–Kier alpha value is -2.20. The van der Waals surface area contributed by atoms with E-state index in [0.29, 0.717) is 5.69 Å². The Morgan fingerprint density at radius 2 is 1.87 bits per heavy atom. The van der Waals surface area contributed by atoms with Crippen LogP contribution in [0, 0.1) is 29.6 Å². The molecule has 1 aromatic carbocycles. The first kappa shape index (κ1) is 10.9. The minimum atomic E-state index is 0.167. The molecule has 0 amide bonds. The topological polar surface area (TPSA) is 76.8 Å². The predicted molar refractivity (Wildman–Crippen MR) is 59.0 cm³/mol. The highest BCUT2D eigenvalue weighted by atomic mass is 15.1. The molecule has 4 heteroatoms. The van der Waals surface area contributed by atoms with Crippen LogP contribution in [0.2, 0.25) is 0 Å². The van der Waals surface area contributed by atoms with E-state index in [1.54, 1.807) is 4.90 Å². The van der Waals surface area contributed by atoms with Gasteiger partial charge in [0, 0.05) is 0 Å². The second-order valence-corrected chi connectivity index (χ2v) is 3.23. The summed E-state index contributed by atoms with van der Waals surface area (Å²) in [5, 5.41) is 17.3. The van der Waals surface area contributed by atoms with Gasteiger partial charge in [-0.2, -0.15) is 10.5 Å². The van der Waals surface area contributed by atoms with E-state index < -0.39 is 0 Å². The third-order valence-corrected chi connectivity index (χ3v) is 2.05. The number of hydrogen-bond donors (Lipinski definition) is 1. The molecule has 0 heterocycles. The maximum absolute atomic E-state index is 8.63. The number of nitriles is 2. The van der Waals surface area contributed by atoms with Crippen LogP contribution in [0.1, 0.15) is 5.56 Å². The predicted octanol–water partition coefficient (Wildman–Crippen LogP) is 1.43. The minimum absolute atomic E-state index is 0.167. The molecule has 0 aromatic heterocycles. The first-order chi connectivity index (χ1) is 7.19. The second kappa shape index (κ2) is 4.88. The highest BCUT2D eigenvalue weighted by Crippen LogP contribution is 2.23. The number of nitrogens with two attached hydrogens (primary N) is 1. The Balaban J connectivity index is 3.02. The fourth-order valence-corrected chi connectivity index (χ4v) is 1.36. The molecule has 1 rings (SSSR count). The van der Waals surface area contributed by atoms with Gasteiger partial charge in [0.15, 0.2) is 0 Å². The van der Waals surface area contributed by atoms with Gasteiger partial charge in [0.05, 0.1) is 23.5 Å². The molecule has 0 fully saturated rings. The third kappa shape index (κ3) is 2.62. The van der Waals surface area contributed by atoms with Crippen molar-refractivity contribution in [1.29, 1.82) is 10.5 Å². The van der Waals surface area contributed by atoms with E-state index in [2.05, 4.69) is 0 Å². The van der Waals surface area contributed by atoms with Gasteiger partial charge < -0.3 is 10.6 Å². The van der Waals surface area contributed by atoms with Gasteiger partial charge in [-0.05, 0) is 24.6 Å². The van der Waals surface area contributed by atoms with Gasteiger partial charge in [0.2, 0.25) is 0 Å². The summed E-state index contributed by atoms with van der Waals surface area (Å²) >= 11 is 0. The van der Waals surface area contributed by atoms with Gasteiger partial charge in [-0.1, -0.05) is 6.07 Å². The Morgan fingerprint density at radius 1 is 1.27 bits per heavy atom. The van der Waals surface area contributed by atoms with Crippen molar-refractivity contribution in [2.45, 2.75) is 6.92 Å². The van der Waals surface area contributed by atoms with Crippen LogP contribution >= 0.6 is 0 Å². The highest BCUT2D eigenvalue weighted by Gasteiger charge is 2.08. The third-order valence-electron chi connectivity index (χ3n) is 2.05. The molecule has 4 nitrogen and oxygen atoms in total. The van der Waals surface area contributed by atoms with Crippen LogP contribution in [0.15, 0.2) is 18.2 Å². The molecule has 0 spiro atoms. The molecule has 0 bridgehead atoms. The zero-order chi connectivity index (χ0) is 11.3. The fraction of sp³-hybridized carbons (Fsp3) is 0.273. The van der Waals surface area contributed by atoms with Crippen LogP contribution < -0.4 is 10.6 Å². The lowest BCUT2D eigenvalue weighted by Crippen LogP contribution is -2.24. The van der Waals surface area contributed by atoms with Crippen molar-refractivity contribution in [2.75, 3.05) is 23.7 Å². The summed E-state index contributed by atoms with van der Waals surface area (Å²) in [5.74, 6) is 0. The molecular formula is C11H12N4. The Bertz CT molecular complexity index is 409. The minimum Gasteiger partial charge on any atom is -0.397 e.